The molecule has 0 spiro atoms. The Bertz CT molecular complexity index is 269. The lowest BCUT2D eigenvalue weighted by Gasteiger charge is -2.21. The Morgan fingerprint density at radius 1 is 1.71 bits per heavy atom. The van der Waals surface area contributed by atoms with Crippen molar-refractivity contribution in [3.05, 3.63) is 19.3 Å². The summed E-state index contributed by atoms with van der Waals surface area (Å²) in [5.74, 6) is 0.838. The van der Waals surface area contributed by atoms with Gasteiger partial charge in [-0.3, -0.25) is 0 Å². The van der Waals surface area contributed by atoms with Crippen molar-refractivity contribution in [3.63, 3.8) is 0 Å². The number of rotatable bonds is 5. The van der Waals surface area contributed by atoms with E-state index >= 15 is 0 Å². The zero-order valence-corrected chi connectivity index (χ0v) is 9.31. The van der Waals surface area contributed by atoms with E-state index in [-0.39, 0.29) is 0 Å². The van der Waals surface area contributed by atoms with Gasteiger partial charge in [0, 0.05) is 18.9 Å². The van der Waals surface area contributed by atoms with Crippen molar-refractivity contribution in [1.29, 1.82) is 0 Å². The highest BCUT2D eigenvalue weighted by molar-refractivity contribution is 7.80. The molecule has 0 unspecified atom stereocenters. The zero-order valence-electron chi connectivity index (χ0n) is 8.49. The van der Waals surface area contributed by atoms with Gasteiger partial charge in [0.2, 0.25) is 5.95 Å². The molecule has 1 rings (SSSR count). The summed E-state index contributed by atoms with van der Waals surface area (Å²) in [4.78, 5) is 10.2. The van der Waals surface area contributed by atoms with Crippen LogP contribution >= 0.6 is 12.2 Å². The number of hydrogen-bond donors (Lipinski definition) is 1. The molecule has 1 N–H and O–H groups in total. The van der Waals surface area contributed by atoms with Gasteiger partial charge in [0.25, 0.3) is 0 Å². The summed E-state index contributed by atoms with van der Waals surface area (Å²) in [5, 5.41) is 0. The molecule has 1 aromatic heterocycles. The van der Waals surface area contributed by atoms with Crippen LogP contribution in [0.3, 0.4) is 0 Å². The number of H-pyrrole nitrogens is 1. The molecule has 4 heteroatoms. The summed E-state index contributed by atoms with van der Waals surface area (Å²) >= 11 is 5.28. The van der Waals surface area contributed by atoms with Crippen molar-refractivity contribution < 1.29 is 0 Å². The fraction of sp³-hybridized carbons (Fsp3) is 0.500. The molecule has 1 heterocycles. The van der Waals surface area contributed by atoms with Crippen molar-refractivity contribution in [1.82, 2.24) is 9.97 Å². The molecule has 0 atom stereocenters. The van der Waals surface area contributed by atoms with Crippen LogP contribution in [0, 0.1) is 6.92 Å². The maximum Gasteiger partial charge on any atom is 0.207 e. The number of unbranched alkanes of at least 4 members (excludes halogenated alkanes) is 1. The van der Waals surface area contributed by atoms with Crippen LogP contribution in [0.5, 0.6) is 0 Å². The third-order valence-corrected chi connectivity index (χ3v) is 2.48. The van der Waals surface area contributed by atoms with Gasteiger partial charge < -0.3 is 9.88 Å². The molecule has 77 valence electrons. The van der Waals surface area contributed by atoms with Crippen LogP contribution in [0.1, 0.15) is 26.2 Å². The SMILES string of the molecule is [CH2]CCCN(C(=S)CC)c1ncc[nH]1. The van der Waals surface area contributed by atoms with Gasteiger partial charge in [0.15, 0.2) is 0 Å². The Hall–Kier alpha value is -0.900. The number of nitrogens with one attached hydrogen (secondary N) is 1. The van der Waals surface area contributed by atoms with Crippen LogP contribution in [0.4, 0.5) is 5.95 Å². The number of anilines is 1. The van der Waals surface area contributed by atoms with E-state index in [0.717, 1.165) is 36.7 Å². The maximum absolute atomic E-state index is 5.28. The van der Waals surface area contributed by atoms with Crippen molar-refractivity contribution in [3.8, 4) is 0 Å². The Morgan fingerprint density at radius 2 is 2.50 bits per heavy atom. The average molecular weight is 210 g/mol. The molecule has 0 saturated heterocycles. The lowest BCUT2D eigenvalue weighted by molar-refractivity contribution is 0.819. The summed E-state index contributed by atoms with van der Waals surface area (Å²) < 4.78 is 0. The predicted molar refractivity (Wildman–Crippen MR) is 63.4 cm³/mol. The van der Waals surface area contributed by atoms with Crippen molar-refractivity contribution in [2.24, 2.45) is 0 Å². The van der Waals surface area contributed by atoms with Crippen molar-refractivity contribution in [2.75, 3.05) is 11.4 Å². The Labute approximate surface area is 90.5 Å². The molecule has 0 aliphatic heterocycles. The molecule has 0 aromatic carbocycles. The molecule has 3 nitrogen and oxygen atoms in total. The maximum atomic E-state index is 5.28. The molecule has 0 amide bonds. The van der Waals surface area contributed by atoms with Crippen LogP contribution in [0.15, 0.2) is 12.4 Å². The number of imidazole rings is 1. The van der Waals surface area contributed by atoms with Gasteiger partial charge in [-0.1, -0.05) is 32.5 Å². The first-order valence-electron chi connectivity index (χ1n) is 4.88. The van der Waals surface area contributed by atoms with Gasteiger partial charge in [-0.05, 0) is 12.8 Å². The fourth-order valence-electron chi connectivity index (χ4n) is 1.21. The number of thiocarbonyl (C=S) groups is 1. The lowest BCUT2D eigenvalue weighted by atomic mass is 10.3. The first-order valence-corrected chi connectivity index (χ1v) is 5.29. The first-order chi connectivity index (χ1) is 6.79. The molecule has 0 aliphatic rings. The van der Waals surface area contributed by atoms with Gasteiger partial charge in [-0.15, -0.1) is 0 Å². The molecule has 0 saturated carbocycles. The molecule has 1 radical (unpaired) electrons. The molecule has 14 heavy (non-hydrogen) atoms. The minimum absolute atomic E-state index is 0.838. The number of aromatic amines is 1. The first kappa shape index (κ1) is 11.2. The van der Waals surface area contributed by atoms with Crippen molar-refractivity contribution >= 4 is 23.2 Å². The van der Waals surface area contributed by atoms with E-state index in [1.165, 1.54) is 0 Å². The third-order valence-electron chi connectivity index (χ3n) is 1.97. The smallest absolute Gasteiger partial charge is 0.207 e. The van der Waals surface area contributed by atoms with Crippen LogP contribution in [-0.4, -0.2) is 21.5 Å². The van der Waals surface area contributed by atoms with Gasteiger partial charge in [-0.2, -0.15) is 0 Å². The summed E-state index contributed by atoms with van der Waals surface area (Å²) in [7, 11) is 0. The second-order valence-corrected chi connectivity index (χ2v) is 3.49. The lowest BCUT2D eigenvalue weighted by Crippen LogP contribution is -2.30. The van der Waals surface area contributed by atoms with E-state index < -0.39 is 0 Å². The van der Waals surface area contributed by atoms with Crippen LogP contribution in [0.25, 0.3) is 0 Å². The summed E-state index contributed by atoms with van der Waals surface area (Å²) in [6.45, 7) is 6.77. The Balaban J connectivity index is 2.67. The molecule has 0 bridgehead atoms. The topological polar surface area (TPSA) is 31.9 Å². The number of hydrogen-bond acceptors (Lipinski definition) is 2. The van der Waals surface area contributed by atoms with Gasteiger partial charge >= 0.3 is 0 Å². The van der Waals surface area contributed by atoms with Crippen LogP contribution < -0.4 is 4.90 Å². The highest BCUT2D eigenvalue weighted by Gasteiger charge is 2.11. The summed E-state index contributed by atoms with van der Waals surface area (Å²) in [6, 6.07) is 0. The zero-order chi connectivity index (χ0) is 10.4. The van der Waals surface area contributed by atoms with E-state index in [9.17, 15) is 0 Å². The van der Waals surface area contributed by atoms with Crippen LogP contribution in [-0.2, 0) is 0 Å². The van der Waals surface area contributed by atoms with E-state index in [0.29, 0.717) is 0 Å². The van der Waals surface area contributed by atoms with E-state index in [1.807, 2.05) is 11.1 Å². The van der Waals surface area contributed by atoms with Gasteiger partial charge in [0.05, 0.1) is 4.99 Å². The number of nitrogens with zero attached hydrogens (tertiary/aromatic N) is 2. The second kappa shape index (κ2) is 5.75. The summed E-state index contributed by atoms with van der Waals surface area (Å²) in [5.41, 5.74) is 0. The minimum atomic E-state index is 0.838. The van der Waals surface area contributed by atoms with Crippen LogP contribution in [0.2, 0.25) is 0 Å². The van der Waals surface area contributed by atoms with Crippen molar-refractivity contribution in [2.45, 2.75) is 26.2 Å². The highest BCUT2D eigenvalue weighted by Crippen LogP contribution is 2.10. The molecule has 0 fully saturated rings. The molecule has 0 aliphatic carbocycles. The third kappa shape index (κ3) is 2.80. The van der Waals surface area contributed by atoms with Gasteiger partial charge in [0.1, 0.15) is 0 Å². The quantitative estimate of drug-likeness (QED) is 0.758. The monoisotopic (exact) mass is 210 g/mol. The Morgan fingerprint density at radius 3 is 3.00 bits per heavy atom. The normalized spacial score (nSPS) is 10.1. The van der Waals surface area contributed by atoms with E-state index in [4.69, 9.17) is 12.2 Å². The number of aromatic nitrogens is 2. The summed E-state index contributed by atoms with van der Waals surface area (Å²) in [6.07, 6.45) is 6.37. The largest absolute Gasteiger partial charge is 0.331 e. The second-order valence-electron chi connectivity index (χ2n) is 3.02. The molecular formula is C10H16N3S. The van der Waals surface area contributed by atoms with E-state index in [1.54, 1.807) is 6.20 Å². The molecule has 1 aromatic rings. The molecular weight excluding hydrogens is 194 g/mol. The predicted octanol–water partition coefficient (Wildman–Crippen LogP) is 2.57. The minimum Gasteiger partial charge on any atom is -0.331 e. The van der Waals surface area contributed by atoms with E-state index in [2.05, 4.69) is 23.8 Å². The highest BCUT2D eigenvalue weighted by atomic mass is 32.1. The Kier molecular flexibility index (Phi) is 4.59. The standard InChI is InChI=1S/C10H16N3S/c1-3-5-8-13(9(14)4-2)10-11-6-7-12-10/h6-7H,1,3-5,8H2,2H3,(H,11,12). The average Bonchev–Trinajstić information content (AvgIpc) is 2.71. The van der Waals surface area contributed by atoms with Gasteiger partial charge in [-0.25, -0.2) is 4.98 Å². The fourth-order valence-corrected chi connectivity index (χ4v) is 1.39.